The Morgan fingerprint density at radius 1 is 0.510 bits per heavy atom. The molecule has 268 valence electrons. The number of rotatable bonds is 24. The molecule has 0 fully saturated rings. The highest BCUT2D eigenvalue weighted by molar-refractivity contribution is 6.63. The quantitative estimate of drug-likeness (QED) is 0.0237. The number of hydrogen-bond donors (Lipinski definition) is 4. The predicted octanol–water partition coefficient (Wildman–Crippen LogP) is 8.87. The summed E-state index contributed by atoms with van der Waals surface area (Å²) in [7, 11) is -5.78. The van der Waals surface area contributed by atoms with Crippen LogP contribution in [0, 0.1) is 0 Å². The van der Waals surface area contributed by atoms with E-state index in [0.717, 1.165) is 88.5 Å². The van der Waals surface area contributed by atoms with Crippen LogP contribution in [0.5, 0.6) is 17.2 Å². The Balaban J connectivity index is 1.28. The zero-order valence-electron chi connectivity index (χ0n) is 29.1. The van der Waals surface area contributed by atoms with Gasteiger partial charge in [-0.25, -0.2) is 4.79 Å². The topological polar surface area (TPSA) is 150 Å². The molecule has 0 spiro atoms. The molecule has 49 heavy (non-hydrogen) atoms. The van der Waals surface area contributed by atoms with E-state index in [9.17, 15) is 24.0 Å². The Labute approximate surface area is 293 Å². The van der Waals surface area contributed by atoms with E-state index in [-0.39, 0.29) is 0 Å². The van der Waals surface area contributed by atoms with Gasteiger partial charge in [-0.1, -0.05) is 64.2 Å². The van der Waals surface area contributed by atoms with Crippen LogP contribution in [0.15, 0.2) is 83.0 Å². The van der Waals surface area contributed by atoms with Gasteiger partial charge in [0.15, 0.2) is 0 Å². The monoisotopic (exact) mass is 710 g/mol. The number of unbranched alkanes of at least 4 members (excludes halogenated alkanes) is 10. The normalized spacial score (nSPS) is 12.0. The number of carbonyl (C=O) groups is 1. The van der Waals surface area contributed by atoms with Crippen molar-refractivity contribution < 1.29 is 38.2 Å². The molecular formula is C37H54N2O8Si2. The van der Waals surface area contributed by atoms with Crippen molar-refractivity contribution in [1.29, 1.82) is 0 Å². The van der Waals surface area contributed by atoms with Crippen molar-refractivity contribution in [2.24, 2.45) is 10.2 Å². The summed E-state index contributed by atoms with van der Waals surface area (Å²) in [5.74, 6) is 1.47. The number of esters is 1. The van der Waals surface area contributed by atoms with Crippen molar-refractivity contribution in [3.63, 3.8) is 0 Å². The molecule has 0 aliphatic carbocycles. The predicted molar refractivity (Wildman–Crippen MR) is 197 cm³/mol. The SMILES string of the molecule is C[Si](O)(O)CCCCCCCCOc1ccc(N=Nc2ccc(C(=O)Oc3ccc(OCCCCCCCC[Si](C)(O)O)cc3)cc2)cc1. The van der Waals surface area contributed by atoms with E-state index in [4.69, 9.17) is 14.2 Å². The molecule has 0 aliphatic heterocycles. The second kappa shape index (κ2) is 21.6. The van der Waals surface area contributed by atoms with Gasteiger partial charge in [0.25, 0.3) is 0 Å². The van der Waals surface area contributed by atoms with Crippen LogP contribution in [-0.2, 0) is 0 Å². The fourth-order valence-corrected chi connectivity index (χ4v) is 6.92. The van der Waals surface area contributed by atoms with Gasteiger partial charge in [0.2, 0.25) is 0 Å². The Morgan fingerprint density at radius 3 is 1.29 bits per heavy atom. The van der Waals surface area contributed by atoms with Gasteiger partial charge in [-0.15, -0.1) is 0 Å². The van der Waals surface area contributed by atoms with Crippen LogP contribution >= 0.6 is 0 Å². The zero-order chi connectivity index (χ0) is 35.4. The van der Waals surface area contributed by atoms with Crippen LogP contribution in [0.3, 0.4) is 0 Å². The van der Waals surface area contributed by atoms with E-state index >= 15 is 0 Å². The van der Waals surface area contributed by atoms with Crippen molar-refractivity contribution in [3.8, 4) is 17.2 Å². The number of azo groups is 1. The van der Waals surface area contributed by atoms with E-state index in [1.807, 2.05) is 24.3 Å². The lowest BCUT2D eigenvalue weighted by atomic mass is 10.1. The van der Waals surface area contributed by atoms with Gasteiger partial charge in [-0.3, -0.25) is 0 Å². The molecule has 0 amide bonds. The summed E-state index contributed by atoms with van der Waals surface area (Å²) in [5.41, 5.74) is 1.71. The fraction of sp³-hybridized carbons (Fsp3) is 0.486. The average Bonchev–Trinajstić information content (AvgIpc) is 3.06. The maximum Gasteiger partial charge on any atom is 0.343 e. The van der Waals surface area contributed by atoms with Crippen LogP contribution in [0.4, 0.5) is 11.4 Å². The average molecular weight is 711 g/mol. The molecule has 0 unspecified atom stereocenters. The van der Waals surface area contributed by atoms with Crippen molar-refractivity contribution in [1.82, 2.24) is 0 Å². The zero-order valence-corrected chi connectivity index (χ0v) is 31.1. The fourth-order valence-electron chi connectivity index (χ4n) is 5.08. The third kappa shape index (κ3) is 18.8. The minimum absolute atomic E-state index is 0.405. The molecule has 0 radical (unpaired) electrons. The standard InChI is InChI=1S/C37H54N2O8Si2/c1-48(41,42)29-13-9-5-3-7-11-27-45-34-21-19-33(20-22-34)39-38-32-17-15-31(16-18-32)37(40)47-36-25-23-35(24-26-36)46-28-12-8-4-6-10-14-30-49(2,43)44/h15-26,41-44H,3-14,27-30H2,1-2H3. The molecule has 0 saturated heterocycles. The summed E-state index contributed by atoms with van der Waals surface area (Å²) >= 11 is 0. The molecule has 0 aliphatic rings. The summed E-state index contributed by atoms with van der Waals surface area (Å²) in [6.07, 6.45) is 12.3. The van der Waals surface area contributed by atoms with Crippen LogP contribution in [0.25, 0.3) is 0 Å². The second-order valence-electron chi connectivity index (χ2n) is 13.0. The van der Waals surface area contributed by atoms with Crippen LogP contribution in [0.2, 0.25) is 25.2 Å². The summed E-state index contributed by atoms with van der Waals surface area (Å²) in [6.45, 7) is 4.38. The Hall–Kier alpha value is -3.40. The number of nitrogens with zero attached hydrogens (tertiary/aromatic N) is 2. The number of ether oxygens (including phenoxy) is 3. The Bertz CT molecular complexity index is 1370. The molecule has 0 bridgehead atoms. The van der Waals surface area contributed by atoms with E-state index in [2.05, 4.69) is 10.2 Å². The summed E-state index contributed by atoms with van der Waals surface area (Å²) < 4.78 is 17.1. The first-order valence-electron chi connectivity index (χ1n) is 17.6. The summed E-state index contributed by atoms with van der Waals surface area (Å²) in [6, 6.07) is 22.3. The second-order valence-corrected chi connectivity index (χ2v) is 18.8. The van der Waals surface area contributed by atoms with E-state index in [1.54, 1.807) is 61.6 Å². The van der Waals surface area contributed by atoms with Crippen molar-refractivity contribution in [2.75, 3.05) is 13.2 Å². The van der Waals surface area contributed by atoms with E-state index in [0.29, 0.717) is 48.0 Å². The van der Waals surface area contributed by atoms with Crippen molar-refractivity contribution >= 4 is 34.5 Å². The first-order chi connectivity index (χ1) is 23.5. The number of benzene rings is 3. The molecule has 0 atom stereocenters. The Kier molecular flexibility index (Phi) is 17.7. The van der Waals surface area contributed by atoms with Gasteiger partial charge >= 0.3 is 23.1 Å². The Morgan fingerprint density at radius 2 is 0.857 bits per heavy atom. The highest BCUT2D eigenvalue weighted by Gasteiger charge is 2.20. The molecule has 3 rings (SSSR count). The first kappa shape index (κ1) is 40.0. The third-order valence-corrected chi connectivity index (χ3v) is 10.5. The molecule has 0 heterocycles. The highest BCUT2D eigenvalue weighted by Crippen LogP contribution is 2.24. The summed E-state index contributed by atoms with van der Waals surface area (Å²) in [4.78, 5) is 50.5. The third-order valence-electron chi connectivity index (χ3n) is 7.88. The highest BCUT2D eigenvalue weighted by atomic mass is 28.4. The molecule has 3 aromatic carbocycles. The smallest absolute Gasteiger partial charge is 0.343 e. The van der Waals surface area contributed by atoms with E-state index < -0.39 is 23.1 Å². The lowest BCUT2D eigenvalue weighted by Gasteiger charge is -2.11. The maximum atomic E-state index is 12.6. The van der Waals surface area contributed by atoms with Crippen molar-refractivity contribution in [2.45, 2.75) is 102 Å². The van der Waals surface area contributed by atoms with Gasteiger partial charge < -0.3 is 33.4 Å². The first-order valence-corrected chi connectivity index (χ1v) is 22.8. The lowest BCUT2D eigenvalue weighted by Crippen LogP contribution is -2.29. The number of hydrogen-bond acceptors (Lipinski definition) is 10. The van der Waals surface area contributed by atoms with Crippen molar-refractivity contribution in [3.05, 3.63) is 78.4 Å². The molecule has 0 aromatic heterocycles. The molecule has 10 nitrogen and oxygen atoms in total. The van der Waals surface area contributed by atoms with Gasteiger partial charge in [0.1, 0.15) is 17.2 Å². The molecule has 12 heteroatoms. The molecule has 0 saturated carbocycles. The lowest BCUT2D eigenvalue weighted by molar-refractivity contribution is 0.0734. The van der Waals surface area contributed by atoms with Crippen LogP contribution < -0.4 is 14.2 Å². The van der Waals surface area contributed by atoms with Gasteiger partial charge in [0.05, 0.1) is 30.2 Å². The van der Waals surface area contributed by atoms with Gasteiger partial charge in [-0.05, 0) is 111 Å². The molecule has 4 N–H and O–H groups in total. The van der Waals surface area contributed by atoms with Crippen LogP contribution in [0.1, 0.15) is 87.4 Å². The molecule has 3 aromatic rings. The number of carbonyl (C=O) groups excluding carboxylic acids is 1. The van der Waals surface area contributed by atoms with Gasteiger partial charge in [0, 0.05) is 0 Å². The van der Waals surface area contributed by atoms with Crippen LogP contribution in [-0.4, -0.2) is 55.5 Å². The molecular weight excluding hydrogens is 657 g/mol. The summed E-state index contributed by atoms with van der Waals surface area (Å²) in [5, 5.41) is 8.55. The van der Waals surface area contributed by atoms with Gasteiger partial charge in [-0.2, -0.15) is 10.2 Å². The maximum absolute atomic E-state index is 12.6. The minimum Gasteiger partial charge on any atom is -0.494 e. The minimum atomic E-state index is -2.89. The largest absolute Gasteiger partial charge is 0.494 e. The van der Waals surface area contributed by atoms with E-state index in [1.165, 1.54) is 0 Å².